The maximum atomic E-state index is 12.6. The molecule has 0 unspecified atom stereocenters. The van der Waals surface area contributed by atoms with Crippen molar-refractivity contribution in [2.45, 2.75) is 30.8 Å². The Balaban J connectivity index is 1.52. The Labute approximate surface area is 181 Å². The van der Waals surface area contributed by atoms with Gasteiger partial charge in [0, 0.05) is 25.7 Å². The predicted octanol–water partition coefficient (Wildman–Crippen LogP) is 2.45. The van der Waals surface area contributed by atoms with Crippen molar-refractivity contribution in [1.29, 1.82) is 0 Å². The Bertz CT molecular complexity index is 1070. The van der Waals surface area contributed by atoms with Crippen molar-refractivity contribution in [3.8, 4) is 11.5 Å². The van der Waals surface area contributed by atoms with Crippen LogP contribution in [0.3, 0.4) is 0 Å². The molecular weight excluding hydrogens is 422 g/mol. The van der Waals surface area contributed by atoms with E-state index in [-0.39, 0.29) is 29.7 Å². The lowest BCUT2D eigenvalue weighted by atomic mass is 10.2. The summed E-state index contributed by atoms with van der Waals surface area (Å²) >= 11 is 0. The zero-order chi connectivity index (χ0) is 22.6. The van der Waals surface area contributed by atoms with Crippen LogP contribution in [0.25, 0.3) is 0 Å². The summed E-state index contributed by atoms with van der Waals surface area (Å²) in [6.07, 6.45) is -0.0847. The van der Waals surface area contributed by atoms with E-state index in [9.17, 15) is 18.0 Å². The van der Waals surface area contributed by atoms with Crippen LogP contribution in [0.1, 0.15) is 19.8 Å². The Hall–Kier alpha value is -3.11. The number of hydrogen-bond acceptors (Lipinski definition) is 6. The molecule has 9 nitrogen and oxygen atoms in total. The zero-order valence-corrected chi connectivity index (χ0v) is 18.4. The zero-order valence-electron chi connectivity index (χ0n) is 17.5. The fourth-order valence-corrected chi connectivity index (χ4v) is 4.23. The highest BCUT2D eigenvalue weighted by Gasteiger charge is 2.24. The predicted molar refractivity (Wildman–Crippen MR) is 116 cm³/mol. The van der Waals surface area contributed by atoms with Gasteiger partial charge in [0.1, 0.15) is 11.5 Å². The molecule has 2 aromatic rings. The van der Waals surface area contributed by atoms with Gasteiger partial charge in [0.25, 0.3) is 5.91 Å². The van der Waals surface area contributed by atoms with E-state index >= 15 is 0 Å². The number of nitrogens with one attached hydrogen (secondary N) is 2. The summed E-state index contributed by atoms with van der Waals surface area (Å²) in [6.45, 7) is 1.84. The van der Waals surface area contributed by atoms with Gasteiger partial charge in [-0.1, -0.05) is 0 Å². The number of carbonyl (C=O) groups excluding carboxylic acids is 2. The Morgan fingerprint density at radius 1 is 1.23 bits per heavy atom. The molecular formula is C21H25N3O6S. The van der Waals surface area contributed by atoms with Crippen LogP contribution in [0.15, 0.2) is 47.4 Å². The summed E-state index contributed by atoms with van der Waals surface area (Å²) in [5, 5.41) is 5.47. The lowest BCUT2D eigenvalue weighted by molar-refractivity contribution is -0.122. The molecule has 2 amide bonds. The van der Waals surface area contributed by atoms with Gasteiger partial charge in [-0.3, -0.25) is 9.59 Å². The van der Waals surface area contributed by atoms with E-state index in [2.05, 4.69) is 10.6 Å². The summed E-state index contributed by atoms with van der Waals surface area (Å²) in [4.78, 5) is 24.1. The Morgan fingerprint density at radius 2 is 1.94 bits per heavy atom. The molecule has 0 bridgehead atoms. The molecule has 0 saturated carbocycles. The molecule has 0 radical (unpaired) electrons. The summed E-state index contributed by atoms with van der Waals surface area (Å²) in [5.74, 6) is 0.597. The van der Waals surface area contributed by atoms with E-state index < -0.39 is 16.1 Å². The molecule has 2 aromatic carbocycles. The molecule has 0 aromatic heterocycles. The molecule has 1 heterocycles. The molecule has 1 atom stereocenters. The maximum absolute atomic E-state index is 12.6. The highest BCUT2D eigenvalue weighted by Crippen LogP contribution is 2.32. The van der Waals surface area contributed by atoms with Crippen molar-refractivity contribution in [3.63, 3.8) is 0 Å². The molecule has 0 spiro atoms. The first-order valence-electron chi connectivity index (χ1n) is 9.72. The Kier molecular flexibility index (Phi) is 6.81. The van der Waals surface area contributed by atoms with Gasteiger partial charge in [-0.15, -0.1) is 0 Å². The minimum atomic E-state index is -3.65. The van der Waals surface area contributed by atoms with Gasteiger partial charge in [-0.05, 0) is 55.8 Å². The molecule has 2 N–H and O–H groups in total. The van der Waals surface area contributed by atoms with E-state index in [0.717, 1.165) is 0 Å². The third-order valence-electron chi connectivity index (χ3n) is 4.84. The number of methoxy groups -OCH3 is 1. The SMILES string of the molecule is COc1ccc(S(=O)(=O)N(C)CCCC(=O)Nc2ccc3c(c2)NC(=O)[C@H](C)O3)cc1. The second-order valence-electron chi connectivity index (χ2n) is 7.11. The lowest BCUT2D eigenvalue weighted by Crippen LogP contribution is -2.34. The van der Waals surface area contributed by atoms with Crippen LogP contribution in [0.5, 0.6) is 11.5 Å². The number of hydrogen-bond donors (Lipinski definition) is 2. The van der Waals surface area contributed by atoms with E-state index in [1.54, 1.807) is 37.3 Å². The minimum absolute atomic E-state index is 0.138. The van der Waals surface area contributed by atoms with Gasteiger partial charge in [-0.25, -0.2) is 12.7 Å². The van der Waals surface area contributed by atoms with Gasteiger partial charge in [0.2, 0.25) is 15.9 Å². The first-order valence-corrected chi connectivity index (χ1v) is 11.2. The number of rotatable bonds is 8. The minimum Gasteiger partial charge on any atom is -0.497 e. The van der Waals surface area contributed by atoms with Crippen molar-refractivity contribution in [1.82, 2.24) is 4.31 Å². The molecule has 1 aliphatic rings. The van der Waals surface area contributed by atoms with Gasteiger partial charge >= 0.3 is 0 Å². The number of nitrogens with zero attached hydrogens (tertiary/aromatic N) is 1. The first kappa shape index (κ1) is 22.6. The van der Waals surface area contributed by atoms with Crippen molar-refractivity contribution < 1.29 is 27.5 Å². The molecule has 1 aliphatic heterocycles. The molecule has 0 aliphatic carbocycles. The molecule has 10 heteroatoms. The second-order valence-corrected chi connectivity index (χ2v) is 9.16. The third-order valence-corrected chi connectivity index (χ3v) is 6.71. The number of benzene rings is 2. The van der Waals surface area contributed by atoms with Crippen LogP contribution in [0.4, 0.5) is 11.4 Å². The number of anilines is 2. The van der Waals surface area contributed by atoms with E-state index in [1.165, 1.54) is 30.6 Å². The summed E-state index contributed by atoms with van der Waals surface area (Å²) in [6, 6.07) is 11.1. The number of fused-ring (bicyclic) bond motifs is 1. The Morgan fingerprint density at radius 3 is 2.61 bits per heavy atom. The van der Waals surface area contributed by atoms with Gasteiger partial charge in [0.05, 0.1) is 17.7 Å². The van der Waals surface area contributed by atoms with Crippen molar-refractivity contribution in [3.05, 3.63) is 42.5 Å². The van der Waals surface area contributed by atoms with Crippen LogP contribution < -0.4 is 20.1 Å². The fraction of sp³-hybridized carbons (Fsp3) is 0.333. The van der Waals surface area contributed by atoms with E-state index in [4.69, 9.17) is 9.47 Å². The fourth-order valence-electron chi connectivity index (χ4n) is 3.02. The maximum Gasteiger partial charge on any atom is 0.265 e. The van der Waals surface area contributed by atoms with Crippen molar-refractivity contribution in [2.24, 2.45) is 0 Å². The monoisotopic (exact) mass is 447 g/mol. The molecule has 31 heavy (non-hydrogen) atoms. The molecule has 0 fully saturated rings. The number of amides is 2. The summed E-state index contributed by atoms with van der Waals surface area (Å²) in [5.41, 5.74) is 1.01. The summed E-state index contributed by atoms with van der Waals surface area (Å²) in [7, 11) is -0.663. The van der Waals surface area contributed by atoms with E-state index in [0.29, 0.717) is 29.3 Å². The smallest absolute Gasteiger partial charge is 0.265 e. The average Bonchev–Trinajstić information content (AvgIpc) is 2.74. The van der Waals surface area contributed by atoms with E-state index in [1.807, 2.05) is 0 Å². The van der Waals surface area contributed by atoms with Crippen LogP contribution in [-0.4, -0.2) is 51.3 Å². The van der Waals surface area contributed by atoms with Crippen molar-refractivity contribution >= 4 is 33.2 Å². The van der Waals surface area contributed by atoms with Crippen LogP contribution in [0.2, 0.25) is 0 Å². The highest BCUT2D eigenvalue weighted by molar-refractivity contribution is 7.89. The van der Waals surface area contributed by atoms with Gasteiger partial charge in [0.15, 0.2) is 6.10 Å². The molecule has 0 saturated heterocycles. The largest absolute Gasteiger partial charge is 0.497 e. The lowest BCUT2D eigenvalue weighted by Gasteiger charge is -2.23. The second kappa shape index (κ2) is 9.36. The molecule has 166 valence electrons. The van der Waals surface area contributed by atoms with Crippen LogP contribution in [-0.2, 0) is 19.6 Å². The molecule has 3 rings (SSSR count). The van der Waals surface area contributed by atoms with Crippen LogP contribution >= 0.6 is 0 Å². The van der Waals surface area contributed by atoms with Gasteiger partial charge in [-0.2, -0.15) is 0 Å². The third kappa shape index (κ3) is 5.33. The number of sulfonamides is 1. The van der Waals surface area contributed by atoms with Crippen molar-refractivity contribution in [2.75, 3.05) is 31.3 Å². The average molecular weight is 448 g/mol. The highest BCUT2D eigenvalue weighted by atomic mass is 32.2. The van der Waals surface area contributed by atoms with Crippen LogP contribution in [0, 0.1) is 0 Å². The topological polar surface area (TPSA) is 114 Å². The summed E-state index contributed by atoms with van der Waals surface area (Å²) < 4.78 is 37.0. The van der Waals surface area contributed by atoms with Gasteiger partial charge < -0.3 is 20.1 Å². The first-order chi connectivity index (χ1) is 14.7. The number of ether oxygens (including phenoxy) is 2. The standard InChI is InChI=1S/C21H25N3O6S/c1-14-21(26)23-18-13-15(6-11-19(18)30-14)22-20(25)5-4-12-24(2)31(27,28)17-9-7-16(29-3)8-10-17/h6-11,13-14H,4-5,12H2,1-3H3,(H,22,25)(H,23,26)/t14-/m0/s1. The number of carbonyl (C=O) groups is 2. The normalized spacial score (nSPS) is 15.6. The quantitative estimate of drug-likeness (QED) is 0.643.